The van der Waals surface area contributed by atoms with Gasteiger partial charge in [-0.15, -0.1) is 13.2 Å². The number of hydrogen-bond donors (Lipinski definition) is 0. The molecule has 6 heteroatoms. The minimum Gasteiger partial charge on any atom is -0.489 e. The third-order valence-electron chi connectivity index (χ3n) is 3.51. The molecule has 25 heavy (non-hydrogen) atoms. The summed E-state index contributed by atoms with van der Waals surface area (Å²) in [6.45, 7) is 4.40. The average Bonchev–Trinajstić information content (AvgIpc) is 2.58. The van der Waals surface area contributed by atoms with E-state index in [2.05, 4.69) is 23.6 Å². The Balaban J connectivity index is 1.87. The second-order valence-electron chi connectivity index (χ2n) is 5.58. The topological polar surface area (TPSA) is 30.8 Å². The van der Waals surface area contributed by atoms with Crippen molar-refractivity contribution in [2.45, 2.75) is 39.3 Å². The van der Waals surface area contributed by atoms with E-state index in [0.29, 0.717) is 11.8 Å². The average molecular weight is 351 g/mol. The zero-order valence-electron chi connectivity index (χ0n) is 14.1. The quantitative estimate of drug-likeness (QED) is 0.627. The number of ether oxygens (including phenoxy) is 2. The number of hydrogen-bond acceptors (Lipinski definition) is 3. The fourth-order valence-electron chi connectivity index (χ4n) is 1.92. The van der Waals surface area contributed by atoms with E-state index >= 15 is 0 Å². The second-order valence-corrected chi connectivity index (χ2v) is 5.58. The maximum absolute atomic E-state index is 12.1. The van der Waals surface area contributed by atoms with E-state index in [0.717, 1.165) is 17.5 Å². The predicted octanol–water partition coefficient (Wildman–Crippen LogP) is 5.38. The van der Waals surface area contributed by atoms with Gasteiger partial charge in [-0.1, -0.05) is 19.1 Å². The molecule has 0 N–H and O–H groups in total. The molecule has 0 aliphatic heterocycles. The van der Waals surface area contributed by atoms with Crippen LogP contribution in [0.15, 0.2) is 53.5 Å². The molecule has 0 aliphatic rings. The summed E-state index contributed by atoms with van der Waals surface area (Å²) in [5.74, 6) is 0.428. The van der Waals surface area contributed by atoms with Gasteiger partial charge in [-0.05, 0) is 60.9 Å². The lowest BCUT2D eigenvalue weighted by Crippen LogP contribution is -2.17. The van der Waals surface area contributed by atoms with Gasteiger partial charge >= 0.3 is 6.36 Å². The summed E-state index contributed by atoms with van der Waals surface area (Å²) in [5.41, 5.74) is 1.73. The van der Waals surface area contributed by atoms with E-state index < -0.39 is 6.36 Å². The second kappa shape index (κ2) is 8.55. The van der Waals surface area contributed by atoms with Crippen LogP contribution in [0.4, 0.5) is 13.2 Å². The molecule has 3 nitrogen and oxygen atoms in total. The molecule has 2 aromatic rings. The molecule has 0 saturated carbocycles. The molecular weight excluding hydrogens is 331 g/mol. The number of alkyl halides is 3. The maximum atomic E-state index is 12.1. The van der Waals surface area contributed by atoms with E-state index in [4.69, 9.17) is 4.74 Å². The zero-order chi connectivity index (χ0) is 18.3. The lowest BCUT2D eigenvalue weighted by atomic mass is 10.2. The Labute approximate surface area is 145 Å². The first-order valence-corrected chi connectivity index (χ1v) is 7.96. The molecule has 2 rings (SSSR count). The van der Waals surface area contributed by atoms with Gasteiger partial charge < -0.3 is 9.47 Å². The molecule has 1 atom stereocenters. The minimum atomic E-state index is -4.68. The third-order valence-corrected chi connectivity index (χ3v) is 3.51. The van der Waals surface area contributed by atoms with Crippen LogP contribution in [0.2, 0.25) is 0 Å². The third kappa shape index (κ3) is 6.87. The van der Waals surface area contributed by atoms with Crippen LogP contribution in [0, 0.1) is 0 Å². The van der Waals surface area contributed by atoms with Gasteiger partial charge in [0, 0.05) is 12.3 Å². The lowest BCUT2D eigenvalue weighted by Gasteiger charge is -2.10. The molecule has 0 fully saturated rings. The van der Waals surface area contributed by atoms with E-state index in [1.165, 1.54) is 24.3 Å². The van der Waals surface area contributed by atoms with Crippen molar-refractivity contribution in [2.24, 2.45) is 4.99 Å². The van der Waals surface area contributed by atoms with Crippen molar-refractivity contribution >= 4 is 6.21 Å². The number of benzene rings is 2. The van der Waals surface area contributed by atoms with Gasteiger partial charge in [0.25, 0.3) is 0 Å². The molecule has 0 amide bonds. The lowest BCUT2D eigenvalue weighted by molar-refractivity contribution is -0.274. The van der Waals surface area contributed by atoms with Crippen molar-refractivity contribution in [1.29, 1.82) is 0 Å². The molecule has 134 valence electrons. The van der Waals surface area contributed by atoms with Crippen LogP contribution in [-0.2, 0) is 6.61 Å². The molecule has 0 radical (unpaired) electrons. The van der Waals surface area contributed by atoms with E-state index in [-0.39, 0.29) is 12.4 Å². The number of rotatable bonds is 7. The number of halogens is 3. The monoisotopic (exact) mass is 351 g/mol. The summed E-state index contributed by atoms with van der Waals surface area (Å²) < 4.78 is 45.8. The summed E-state index contributed by atoms with van der Waals surface area (Å²) >= 11 is 0. The van der Waals surface area contributed by atoms with Crippen LogP contribution in [0.25, 0.3) is 0 Å². The SMILES string of the molecule is CCC(C)N=Cc1ccc(OCc2ccc(OC(F)(F)F)cc2)cc1. The highest BCUT2D eigenvalue weighted by molar-refractivity contribution is 5.79. The Morgan fingerprint density at radius 1 is 1.00 bits per heavy atom. The van der Waals surface area contributed by atoms with Gasteiger partial charge in [0.15, 0.2) is 0 Å². The molecule has 0 bridgehead atoms. The van der Waals surface area contributed by atoms with Crippen LogP contribution in [0.3, 0.4) is 0 Å². The molecule has 0 spiro atoms. The predicted molar refractivity (Wildman–Crippen MR) is 91.2 cm³/mol. The summed E-state index contributed by atoms with van der Waals surface area (Å²) in [5, 5.41) is 0. The number of aliphatic imine (C=N–C) groups is 1. The zero-order valence-corrected chi connectivity index (χ0v) is 14.1. The van der Waals surface area contributed by atoms with Gasteiger partial charge in [0.05, 0.1) is 0 Å². The van der Waals surface area contributed by atoms with Crippen molar-refractivity contribution in [3.8, 4) is 11.5 Å². The van der Waals surface area contributed by atoms with Crippen LogP contribution in [0.1, 0.15) is 31.4 Å². The molecule has 1 unspecified atom stereocenters. The van der Waals surface area contributed by atoms with E-state index in [1.807, 2.05) is 30.5 Å². The summed E-state index contributed by atoms with van der Waals surface area (Å²) in [6, 6.07) is 13.4. The highest BCUT2D eigenvalue weighted by Crippen LogP contribution is 2.23. The van der Waals surface area contributed by atoms with Crippen molar-refractivity contribution in [2.75, 3.05) is 0 Å². The molecule has 0 aromatic heterocycles. The standard InChI is InChI=1S/C19H20F3NO2/c1-3-14(2)23-12-15-4-8-17(9-5-15)24-13-16-6-10-18(11-7-16)25-19(20,21)22/h4-12,14H,3,13H2,1-2H3. The maximum Gasteiger partial charge on any atom is 0.573 e. The Bertz CT molecular complexity index is 679. The Hall–Kier alpha value is -2.50. The highest BCUT2D eigenvalue weighted by Gasteiger charge is 2.30. The first kappa shape index (κ1) is 18.8. The summed E-state index contributed by atoms with van der Waals surface area (Å²) in [7, 11) is 0. The van der Waals surface area contributed by atoms with Gasteiger partial charge in [-0.3, -0.25) is 4.99 Å². The molecule has 2 aromatic carbocycles. The molecule has 0 heterocycles. The summed E-state index contributed by atoms with van der Waals surface area (Å²) in [4.78, 5) is 4.41. The van der Waals surface area contributed by atoms with Gasteiger partial charge in [0.2, 0.25) is 0 Å². The molecule has 0 saturated heterocycles. The van der Waals surface area contributed by atoms with Gasteiger partial charge in [0.1, 0.15) is 18.1 Å². The van der Waals surface area contributed by atoms with Crippen LogP contribution in [0.5, 0.6) is 11.5 Å². The Morgan fingerprint density at radius 3 is 2.16 bits per heavy atom. The van der Waals surface area contributed by atoms with Gasteiger partial charge in [-0.2, -0.15) is 0 Å². The Morgan fingerprint density at radius 2 is 1.60 bits per heavy atom. The van der Waals surface area contributed by atoms with Crippen LogP contribution >= 0.6 is 0 Å². The minimum absolute atomic E-state index is 0.249. The normalized spacial score (nSPS) is 13.0. The van der Waals surface area contributed by atoms with Crippen molar-refractivity contribution in [3.05, 3.63) is 59.7 Å². The molecule has 0 aliphatic carbocycles. The highest BCUT2D eigenvalue weighted by atomic mass is 19.4. The fourth-order valence-corrected chi connectivity index (χ4v) is 1.92. The van der Waals surface area contributed by atoms with Crippen LogP contribution < -0.4 is 9.47 Å². The van der Waals surface area contributed by atoms with Gasteiger partial charge in [-0.25, -0.2) is 0 Å². The van der Waals surface area contributed by atoms with Crippen molar-refractivity contribution in [3.63, 3.8) is 0 Å². The number of nitrogens with zero attached hydrogens (tertiary/aromatic N) is 1. The van der Waals surface area contributed by atoms with E-state index in [1.54, 1.807) is 0 Å². The smallest absolute Gasteiger partial charge is 0.489 e. The first-order valence-electron chi connectivity index (χ1n) is 7.96. The fraction of sp³-hybridized carbons (Fsp3) is 0.316. The summed E-state index contributed by atoms with van der Waals surface area (Å²) in [6.07, 6.45) is -1.86. The van der Waals surface area contributed by atoms with E-state index in [9.17, 15) is 13.2 Å². The molecular formula is C19H20F3NO2. The first-order chi connectivity index (χ1) is 11.9. The van der Waals surface area contributed by atoms with Crippen molar-refractivity contribution in [1.82, 2.24) is 0 Å². The Kier molecular flexibility index (Phi) is 6.44. The largest absolute Gasteiger partial charge is 0.573 e. The van der Waals surface area contributed by atoms with Crippen LogP contribution in [-0.4, -0.2) is 18.6 Å². The van der Waals surface area contributed by atoms with Crippen molar-refractivity contribution < 1.29 is 22.6 Å².